The van der Waals surface area contributed by atoms with E-state index < -0.39 is 0 Å². The van der Waals surface area contributed by atoms with Crippen LogP contribution in [0.15, 0.2) is 21.3 Å². The van der Waals surface area contributed by atoms with Crippen LogP contribution >= 0.6 is 27.3 Å². The highest BCUT2D eigenvalue weighted by molar-refractivity contribution is 9.10. The minimum Gasteiger partial charge on any atom is -0.373 e. The fourth-order valence-electron chi connectivity index (χ4n) is 0.552. The summed E-state index contributed by atoms with van der Waals surface area (Å²) in [6, 6.07) is 2.02. The number of hydrogen-bond acceptors (Lipinski definition) is 2. The summed E-state index contributed by atoms with van der Waals surface area (Å²) in [5, 5.41) is 4.07. The summed E-state index contributed by atoms with van der Waals surface area (Å²) in [6.45, 7) is 3.15. The van der Waals surface area contributed by atoms with Gasteiger partial charge in [0.25, 0.3) is 0 Å². The second-order valence-corrected chi connectivity index (χ2v) is 4.00. The molecule has 1 aromatic heterocycles. The van der Waals surface area contributed by atoms with Crippen LogP contribution in [0.3, 0.4) is 0 Å². The van der Waals surface area contributed by atoms with Gasteiger partial charge in [-0.3, -0.25) is 0 Å². The van der Waals surface area contributed by atoms with Crippen molar-refractivity contribution in [3.8, 4) is 0 Å². The zero-order valence-corrected chi connectivity index (χ0v) is 8.82. The molecule has 0 spiro atoms. The van der Waals surface area contributed by atoms with Gasteiger partial charge < -0.3 is 4.74 Å². The van der Waals surface area contributed by atoms with Crippen LogP contribution in [-0.2, 0) is 4.74 Å². The van der Waals surface area contributed by atoms with Gasteiger partial charge in [0.1, 0.15) is 0 Å². The Balaban J connectivity index is 0.000000112. The Kier molecular flexibility index (Phi) is 4.12. The summed E-state index contributed by atoms with van der Waals surface area (Å²) in [5.74, 6) is 0. The van der Waals surface area contributed by atoms with Gasteiger partial charge in [-0.25, -0.2) is 0 Å². The Morgan fingerprint density at radius 3 is 2.64 bits per heavy atom. The van der Waals surface area contributed by atoms with E-state index >= 15 is 0 Å². The Hall–Kier alpha value is 0.140. The zero-order valence-electron chi connectivity index (χ0n) is 6.42. The quantitative estimate of drug-likeness (QED) is 0.680. The number of thiophene rings is 1. The third kappa shape index (κ3) is 4.56. The van der Waals surface area contributed by atoms with Gasteiger partial charge >= 0.3 is 0 Å². The van der Waals surface area contributed by atoms with Crippen LogP contribution in [0.25, 0.3) is 0 Å². The molecule has 1 saturated heterocycles. The van der Waals surface area contributed by atoms with E-state index in [4.69, 9.17) is 4.74 Å². The van der Waals surface area contributed by atoms with Gasteiger partial charge in [0, 0.05) is 9.85 Å². The maximum Gasteiger partial charge on any atom is 0.0807 e. The van der Waals surface area contributed by atoms with E-state index in [1.165, 1.54) is 10.9 Å². The lowest BCUT2D eigenvalue weighted by Gasteiger charge is -1.69. The molecule has 1 unspecified atom stereocenters. The van der Waals surface area contributed by atoms with Gasteiger partial charge in [-0.15, -0.1) is 0 Å². The van der Waals surface area contributed by atoms with Crippen LogP contribution in [0.1, 0.15) is 13.3 Å². The maximum absolute atomic E-state index is 4.86. The monoisotopic (exact) mass is 234 g/mol. The number of rotatable bonds is 1. The van der Waals surface area contributed by atoms with Crippen molar-refractivity contribution in [3.63, 3.8) is 0 Å². The fraction of sp³-hybridized carbons (Fsp3) is 0.500. The summed E-state index contributed by atoms with van der Waals surface area (Å²) in [7, 11) is 0. The molecule has 1 nitrogen and oxygen atoms in total. The Morgan fingerprint density at radius 2 is 2.55 bits per heavy atom. The van der Waals surface area contributed by atoms with E-state index in [2.05, 4.69) is 22.9 Å². The minimum atomic E-state index is 0.634. The number of ether oxygens (including phenoxy) is 1. The SMILES string of the molecule is Brc1ccsc1.CCC1CO1. The van der Waals surface area contributed by atoms with Crippen molar-refractivity contribution in [1.82, 2.24) is 0 Å². The second-order valence-electron chi connectivity index (χ2n) is 2.31. The molecule has 1 aromatic rings. The summed E-state index contributed by atoms with van der Waals surface area (Å²) in [5.41, 5.74) is 0. The van der Waals surface area contributed by atoms with Crippen molar-refractivity contribution in [1.29, 1.82) is 0 Å². The smallest absolute Gasteiger partial charge is 0.0807 e. The molecule has 0 aliphatic carbocycles. The van der Waals surface area contributed by atoms with Crippen LogP contribution in [0, 0.1) is 0 Å². The van der Waals surface area contributed by atoms with Crippen LogP contribution in [0.2, 0.25) is 0 Å². The van der Waals surface area contributed by atoms with E-state index in [-0.39, 0.29) is 0 Å². The molecular formula is C8H11BrOS. The van der Waals surface area contributed by atoms with Gasteiger partial charge in [0.2, 0.25) is 0 Å². The molecular weight excluding hydrogens is 224 g/mol. The summed E-state index contributed by atoms with van der Waals surface area (Å²) < 4.78 is 6.03. The van der Waals surface area contributed by atoms with Gasteiger partial charge in [0.15, 0.2) is 0 Å². The van der Waals surface area contributed by atoms with Gasteiger partial charge in [-0.2, -0.15) is 11.3 Å². The molecule has 0 aromatic carbocycles. The summed E-state index contributed by atoms with van der Waals surface area (Å²) >= 11 is 4.98. The van der Waals surface area contributed by atoms with E-state index in [1.807, 2.05) is 16.8 Å². The normalized spacial score (nSPS) is 20.4. The van der Waals surface area contributed by atoms with Crippen molar-refractivity contribution in [2.24, 2.45) is 0 Å². The molecule has 1 aliphatic heterocycles. The lowest BCUT2D eigenvalue weighted by Crippen LogP contribution is -1.73. The average Bonchev–Trinajstić information content (AvgIpc) is 2.75. The third-order valence-corrected chi connectivity index (χ3v) is 2.82. The highest BCUT2D eigenvalue weighted by Gasteiger charge is 2.18. The van der Waals surface area contributed by atoms with Crippen LogP contribution in [-0.4, -0.2) is 12.7 Å². The summed E-state index contributed by atoms with van der Waals surface area (Å²) in [4.78, 5) is 0. The van der Waals surface area contributed by atoms with Crippen molar-refractivity contribution in [2.75, 3.05) is 6.61 Å². The van der Waals surface area contributed by atoms with Gasteiger partial charge in [-0.05, 0) is 33.8 Å². The topological polar surface area (TPSA) is 12.5 Å². The maximum atomic E-state index is 4.86. The lowest BCUT2D eigenvalue weighted by molar-refractivity contribution is 0.403. The molecule has 62 valence electrons. The predicted octanol–water partition coefficient (Wildman–Crippen LogP) is 3.31. The van der Waals surface area contributed by atoms with Crippen molar-refractivity contribution >= 4 is 27.3 Å². The molecule has 0 saturated carbocycles. The number of hydrogen-bond donors (Lipinski definition) is 0. The zero-order chi connectivity index (χ0) is 8.10. The molecule has 1 fully saturated rings. The standard InChI is InChI=1S/C4H3BrS.C4H8O/c5-4-1-2-6-3-4;1-2-4-3-5-4/h1-3H;4H,2-3H2,1H3. The Bertz CT molecular complexity index is 182. The first-order valence-electron chi connectivity index (χ1n) is 3.62. The van der Waals surface area contributed by atoms with E-state index in [0.717, 1.165) is 6.61 Å². The van der Waals surface area contributed by atoms with Crippen LogP contribution in [0.5, 0.6) is 0 Å². The van der Waals surface area contributed by atoms with Crippen molar-refractivity contribution in [3.05, 3.63) is 21.3 Å². The Morgan fingerprint density at radius 1 is 1.82 bits per heavy atom. The van der Waals surface area contributed by atoms with E-state index in [1.54, 1.807) is 11.3 Å². The van der Waals surface area contributed by atoms with Crippen LogP contribution in [0.4, 0.5) is 0 Å². The molecule has 1 atom stereocenters. The molecule has 0 amide bonds. The summed E-state index contributed by atoms with van der Waals surface area (Å²) in [6.07, 6.45) is 1.83. The first kappa shape index (κ1) is 9.23. The average molecular weight is 235 g/mol. The highest BCUT2D eigenvalue weighted by atomic mass is 79.9. The highest BCUT2D eigenvalue weighted by Crippen LogP contribution is 2.11. The molecule has 3 heteroatoms. The first-order valence-corrected chi connectivity index (χ1v) is 5.35. The lowest BCUT2D eigenvalue weighted by atomic mass is 10.4. The van der Waals surface area contributed by atoms with E-state index in [9.17, 15) is 0 Å². The molecule has 0 bridgehead atoms. The van der Waals surface area contributed by atoms with Crippen molar-refractivity contribution in [2.45, 2.75) is 19.4 Å². The molecule has 0 radical (unpaired) electrons. The van der Waals surface area contributed by atoms with Gasteiger partial charge in [-0.1, -0.05) is 6.92 Å². The molecule has 2 heterocycles. The third-order valence-electron chi connectivity index (χ3n) is 1.34. The molecule has 1 aliphatic rings. The number of epoxide rings is 1. The van der Waals surface area contributed by atoms with Gasteiger partial charge in [0.05, 0.1) is 12.7 Å². The predicted molar refractivity (Wildman–Crippen MR) is 52.1 cm³/mol. The minimum absolute atomic E-state index is 0.634. The van der Waals surface area contributed by atoms with Crippen molar-refractivity contribution < 1.29 is 4.74 Å². The van der Waals surface area contributed by atoms with E-state index in [0.29, 0.717) is 6.10 Å². The van der Waals surface area contributed by atoms with Crippen LogP contribution < -0.4 is 0 Å². The largest absolute Gasteiger partial charge is 0.373 e. The Labute approximate surface area is 79.5 Å². The second kappa shape index (κ2) is 4.91. The number of halogens is 1. The molecule has 0 N–H and O–H groups in total. The molecule has 2 rings (SSSR count). The first-order chi connectivity index (χ1) is 5.33. The fourth-order valence-corrected chi connectivity index (χ4v) is 1.69. The molecule has 11 heavy (non-hydrogen) atoms.